The van der Waals surface area contributed by atoms with E-state index in [-0.39, 0.29) is 0 Å². The Labute approximate surface area is 360 Å². The lowest BCUT2D eigenvalue weighted by Gasteiger charge is -2.26. The first-order valence-corrected chi connectivity index (χ1v) is 21.3. The average Bonchev–Trinajstić information content (AvgIpc) is 3.70. The highest BCUT2D eigenvalue weighted by atomic mass is 15.1. The summed E-state index contributed by atoms with van der Waals surface area (Å²) in [6, 6.07) is 88.5. The Morgan fingerprint density at radius 3 is 1.63 bits per heavy atom. The zero-order valence-electron chi connectivity index (χ0n) is 34.0. The number of nitrogens with zero attached hydrogens (tertiary/aromatic N) is 2. The molecule has 2 heteroatoms. The van der Waals surface area contributed by atoms with Crippen LogP contribution in [0.3, 0.4) is 0 Å². The summed E-state index contributed by atoms with van der Waals surface area (Å²) >= 11 is 0. The number of aromatic nitrogens is 1. The second kappa shape index (κ2) is 14.8. The van der Waals surface area contributed by atoms with E-state index in [4.69, 9.17) is 0 Å². The van der Waals surface area contributed by atoms with E-state index < -0.39 is 0 Å². The Morgan fingerprint density at radius 2 is 0.823 bits per heavy atom. The zero-order chi connectivity index (χ0) is 41.0. The molecule has 0 atom stereocenters. The van der Waals surface area contributed by atoms with Crippen LogP contribution in [0.4, 0.5) is 17.1 Å². The Hall–Kier alpha value is -8.20. The molecule has 1 aromatic heterocycles. The normalized spacial score (nSPS) is 11.5. The molecule has 0 aliphatic carbocycles. The van der Waals surface area contributed by atoms with E-state index in [1.807, 2.05) is 0 Å². The molecule has 0 saturated heterocycles. The molecule has 0 aliphatic rings. The van der Waals surface area contributed by atoms with Crippen LogP contribution < -0.4 is 4.90 Å². The Kier molecular flexibility index (Phi) is 8.53. The van der Waals surface area contributed by atoms with Gasteiger partial charge < -0.3 is 9.47 Å². The van der Waals surface area contributed by atoms with Crippen LogP contribution in [0, 0.1) is 0 Å². The van der Waals surface area contributed by atoms with Crippen LogP contribution in [-0.4, -0.2) is 4.57 Å². The fourth-order valence-corrected chi connectivity index (χ4v) is 9.62. The monoisotopic (exact) mass is 788 g/mol. The van der Waals surface area contributed by atoms with Gasteiger partial charge in [-0.15, -0.1) is 0 Å². The third-order valence-corrected chi connectivity index (χ3v) is 12.5. The first-order valence-electron chi connectivity index (χ1n) is 21.3. The molecule has 1 heterocycles. The van der Waals surface area contributed by atoms with Crippen molar-refractivity contribution in [3.8, 4) is 39.1 Å². The quantitative estimate of drug-likeness (QED) is 0.156. The largest absolute Gasteiger partial charge is 0.310 e. The van der Waals surface area contributed by atoms with Gasteiger partial charge in [-0.05, 0) is 126 Å². The summed E-state index contributed by atoms with van der Waals surface area (Å²) in [6.45, 7) is 0. The summed E-state index contributed by atoms with van der Waals surface area (Å²) in [6.07, 6.45) is 0. The lowest BCUT2D eigenvalue weighted by Crippen LogP contribution is -2.10. The van der Waals surface area contributed by atoms with Crippen molar-refractivity contribution in [1.29, 1.82) is 0 Å². The first-order chi connectivity index (χ1) is 30.7. The number of hydrogen-bond donors (Lipinski definition) is 0. The maximum Gasteiger partial charge on any atom is 0.0547 e. The summed E-state index contributed by atoms with van der Waals surface area (Å²) in [5.41, 5.74) is 14.1. The summed E-state index contributed by atoms with van der Waals surface area (Å²) < 4.78 is 2.42. The van der Waals surface area contributed by atoms with E-state index in [1.165, 1.54) is 87.5 Å². The van der Waals surface area contributed by atoms with Crippen molar-refractivity contribution in [3.05, 3.63) is 243 Å². The second-order valence-electron chi connectivity index (χ2n) is 16.1. The van der Waals surface area contributed by atoms with Gasteiger partial charge in [0.15, 0.2) is 0 Å². The Morgan fingerprint density at radius 1 is 0.274 bits per heavy atom. The molecule has 62 heavy (non-hydrogen) atoms. The molecule has 0 N–H and O–H groups in total. The highest BCUT2D eigenvalue weighted by Gasteiger charge is 2.20. The lowest BCUT2D eigenvalue weighted by molar-refractivity contribution is 1.18. The number of hydrogen-bond acceptors (Lipinski definition) is 1. The molecule has 0 amide bonds. The predicted octanol–water partition coefficient (Wildman–Crippen LogP) is 16.7. The molecule has 0 spiro atoms. The van der Waals surface area contributed by atoms with Gasteiger partial charge in [0.1, 0.15) is 0 Å². The number of rotatable bonds is 7. The molecule has 290 valence electrons. The van der Waals surface area contributed by atoms with Crippen LogP contribution in [0.25, 0.3) is 93.2 Å². The molecule has 0 unspecified atom stereocenters. The molecule has 0 bridgehead atoms. The predicted molar refractivity (Wildman–Crippen MR) is 264 cm³/mol. The van der Waals surface area contributed by atoms with Gasteiger partial charge in [0.2, 0.25) is 0 Å². The van der Waals surface area contributed by atoms with Crippen LogP contribution >= 0.6 is 0 Å². The summed E-state index contributed by atoms with van der Waals surface area (Å²) in [4.78, 5) is 2.39. The summed E-state index contributed by atoms with van der Waals surface area (Å²) in [5.74, 6) is 0. The Bertz CT molecular complexity index is 3610. The topological polar surface area (TPSA) is 8.17 Å². The van der Waals surface area contributed by atoms with Crippen molar-refractivity contribution in [2.75, 3.05) is 4.90 Å². The third-order valence-electron chi connectivity index (χ3n) is 12.5. The smallest absolute Gasteiger partial charge is 0.0547 e. The molecule has 12 aromatic rings. The molecule has 11 aromatic carbocycles. The van der Waals surface area contributed by atoms with Crippen molar-refractivity contribution in [2.24, 2.45) is 0 Å². The van der Waals surface area contributed by atoms with E-state index >= 15 is 0 Å². The van der Waals surface area contributed by atoms with Crippen molar-refractivity contribution in [3.63, 3.8) is 0 Å². The van der Waals surface area contributed by atoms with Gasteiger partial charge >= 0.3 is 0 Å². The van der Waals surface area contributed by atoms with Gasteiger partial charge in [0.25, 0.3) is 0 Å². The van der Waals surface area contributed by atoms with Gasteiger partial charge in [-0.2, -0.15) is 0 Å². The fraction of sp³-hybridized carbons (Fsp3) is 0. The number of benzene rings is 11. The van der Waals surface area contributed by atoms with E-state index in [2.05, 4.69) is 252 Å². The molecular formula is C60H40N2. The first kappa shape index (κ1) is 35.7. The lowest BCUT2D eigenvalue weighted by atomic mass is 9.96. The van der Waals surface area contributed by atoms with Crippen LogP contribution in [-0.2, 0) is 0 Å². The minimum atomic E-state index is 1.10. The van der Waals surface area contributed by atoms with Gasteiger partial charge in [0.05, 0.1) is 11.0 Å². The van der Waals surface area contributed by atoms with Gasteiger partial charge in [0, 0.05) is 33.5 Å². The molecule has 0 fully saturated rings. The number of para-hydroxylation sites is 1. The van der Waals surface area contributed by atoms with Crippen molar-refractivity contribution < 1.29 is 0 Å². The molecule has 2 nitrogen and oxygen atoms in total. The fourth-order valence-electron chi connectivity index (χ4n) is 9.62. The summed E-state index contributed by atoms with van der Waals surface area (Å²) in [7, 11) is 0. The van der Waals surface area contributed by atoms with E-state index in [9.17, 15) is 0 Å². The van der Waals surface area contributed by atoms with Gasteiger partial charge in [-0.1, -0.05) is 182 Å². The average molecular weight is 789 g/mol. The van der Waals surface area contributed by atoms with Crippen molar-refractivity contribution in [1.82, 2.24) is 4.57 Å². The summed E-state index contributed by atoms with van der Waals surface area (Å²) in [5, 5.41) is 9.99. The van der Waals surface area contributed by atoms with E-state index in [0.29, 0.717) is 0 Å². The third kappa shape index (κ3) is 6.04. The van der Waals surface area contributed by atoms with Gasteiger partial charge in [-0.25, -0.2) is 0 Å². The number of fused-ring (bicyclic) bond motifs is 7. The standard InChI is InChI=1S/C60H40N2/c1-2-19-49(20-3-1)62-57-26-12-25-56(60(57)59-55-23-9-7-15-45(55)34-38-58(59)62)48-18-10-21-51(40-48)61(52-37-33-41-13-4-5-16-47(41)39-52)50-35-31-43(32-36-50)42-27-29-46(30-28-42)54-24-11-17-44-14-6-8-22-53(44)54/h1-40H. The van der Waals surface area contributed by atoms with Crippen LogP contribution in [0.5, 0.6) is 0 Å². The van der Waals surface area contributed by atoms with E-state index in [0.717, 1.165) is 22.7 Å². The minimum Gasteiger partial charge on any atom is -0.310 e. The highest BCUT2D eigenvalue weighted by Crippen LogP contribution is 2.44. The van der Waals surface area contributed by atoms with Crippen molar-refractivity contribution in [2.45, 2.75) is 0 Å². The second-order valence-corrected chi connectivity index (χ2v) is 16.1. The molecule has 0 saturated carbocycles. The Balaban J connectivity index is 0.987. The van der Waals surface area contributed by atoms with Crippen LogP contribution in [0.1, 0.15) is 0 Å². The van der Waals surface area contributed by atoms with Crippen LogP contribution in [0.15, 0.2) is 243 Å². The molecular weight excluding hydrogens is 749 g/mol. The maximum atomic E-state index is 2.42. The zero-order valence-corrected chi connectivity index (χ0v) is 34.0. The highest BCUT2D eigenvalue weighted by molar-refractivity contribution is 6.25. The number of anilines is 3. The maximum absolute atomic E-state index is 2.42. The molecule has 0 aliphatic heterocycles. The van der Waals surface area contributed by atoms with Crippen LogP contribution in [0.2, 0.25) is 0 Å². The minimum absolute atomic E-state index is 1.10. The SMILES string of the molecule is c1ccc(-n2c3cccc(-c4cccc(N(c5ccc(-c6ccc(-c7cccc8ccccc78)cc6)cc5)c5ccc6ccccc6c5)c4)c3c3c4ccccc4ccc32)cc1. The van der Waals surface area contributed by atoms with Gasteiger partial charge in [-0.3, -0.25) is 0 Å². The molecule has 12 rings (SSSR count). The van der Waals surface area contributed by atoms with E-state index in [1.54, 1.807) is 0 Å². The van der Waals surface area contributed by atoms with Crippen molar-refractivity contribution >= 4 is 71.2 Å². The molecule has 0 radical (unpaired) electrons.